The van der Waals surface area contributed by atoms with Gasteiger partial charge in [-0.1, -0.05) is 19.8 Å². The van der Waals surface area contributed by atoms with Gasteiger partial charge in [0.2, 0.25) is 0 Å². The maximum Gasteiger partial charge on any atom is 0.315 e. The Morgan fingerprint density at radius 1 is 1.62 bits per heavy atom. The molecule has 6 heteroatoms. The summed E-state index contributed by atoms with van der Waals surface area (Å²) in [6, 6.07) is -0.304. The first kappa shape index (κ1) is 16.2. The number of aryl methyl sites for hydroxylation is 1. The quantitative estimate of drug-likeness (QED) is 0.800. The molecule has 1 aliphatic rings. The summed E-state index contributed by atoms with van der Waals surface area (Å²) < 4.78 is 0. The number of thiazole rings is 1. The number of carbonyl (C=O) groups is 1. The van der Waals surface area contributed by atoms with Crippen LogP contribution in [0.1, 0.15) is 56.3 Å². The minimum atomic E-state index is -0.328. The van der Waals surface area contributed by atoms with Crippen LogP contribution in [0, 0.1) is 12.3 Å². The molecule has 2 amide bonds. The van der Waals surface area contributed by atoms with E-state index in [2.05, 4.69) is 15.6 Å². The fourth-order valence-corrected chi connectivity index (χ4v) is 3.55. The van der Waals surface area contributed by atoms with Crippen molar-refractivity contribution in [3.8, 4) is 0 Å². The molecule has 3 N–H and O–H groups in total. The molecule has 21 heavy (non-hydrogen) atoms. The number of aliphatic hydroxyl groups is 1. The number of urea groups is 1. The molecule has 0 spiro atoms. The van der Waals surface area contributed by atoms with Crippen molar-refractivity contribution in [3.05, 3.63) is 16.1 Å². The number of rotatable bonds is 4. The van der Waals surface area contributed by atoms with E-state index in [1.807, 2.05) is 26.2 Å². The molecule has 1 fully saturated rings. The van der Waals surface area contributed by atoms with Crippen molar-refractivity contribution < 1.29 is 9.90 Å². The van der Waals surface area contributed by atoms with Crippen molar-refractivity contribution in [2.24, 2.45) is 5.41 Å². The van der Waals surface area contributed by atoms with Crippen molar-refractivity contribution in [1.29, 1.82) is 0 Å². The van der Waals surface area contributed by atoms with E-state index in [1.165, 1.54) is 0 Å². The van der Waals surface area contributed by atoms with Crippen LogP contribution in [0.3, 0.4) is 0 Å². The van der Waals surface area contributed by atoms with Gasteiger partial charge in [0.25, 0.3) is 0 Å². The van der Waals surface area contributed by atoms with Crippen LogP contribution >= 0.6 is 11.3 Å². The van der Waals surface area contributed by atoms with Gasteiger partial charge in [-0.2, -0.15) is 0 Å². The van der Waals surface area contributed by atoms with Crippen molar-refractivity contribution >= 4 is 17.4 Å². The molecular formula is C15H25N3O2S. The molecule has 3 unspecified atom stereocenters. The van der Waals surface area contributed by atoms with Crippen LogP contribution in [0.2, 0.25) is 0 Å². The normalized spacial score (nSPS) is 27.1. The Labute approximate surface area is 130 Å². The van der Waals surface area contributed by atoms with Crippen LogP contribution in [-0.4, -0.2) is 28.8 Å². The maximum absolute atomic E-state index is 12.0. The highest BCUT2D eigenvalue weighted by molar-refractivity contribution is 7.09. The van der Waals surface area contributed by atoms with E-state index >= 15 is 0 Å². The van der Waals surface area contributed by atoms with E-state index in [0.717, 1.165) is 36.4 Å². The maximum atomic E-state index is 12.0. The predicted octanol–water partition coefficient (Wildman–Crippen LogP) is 2.75. The smallest absolute Gasteiger partial charge is 0.315 e. The predicted molar refractivity (Wildman–Crippen MR) is 84.4 cm³/mol. The Kier molecular flexibility index (Phi) is 5.22. The number of nitrogens with zero attached hydrogens (tertiary/aromatic N) is 1. The van der Waals surface area contributed by atoms with Crippen molar-refractivity contribution in [2.75, 3.05) is 6.54 Å². The topological polar surface area (TPSA) is 74.2 Å². The number of aliphatic hydroxyl groups excluding tert-OH is 1. The number of carbonyl (C=O) groups excluding carboxylic acids is 1. The van der Waals surface area contributed by atoms with Crippen LogP contribution in [0.25, 0.3) is 0 Å². The standard InChI is InChI=1S/C15H25N3O2S/c1-10-8-21-13(17-10)11(2)18-14(20)16-9-15(3)7-5-4-6-12(15)19/h8,11-12,19H,4-7,9H2,1-3H3,(H2,16,18,20). The Bertz CT molecular complexity index is 491. The molecule has 1 aromatic heterocycles. The second-order valence-corrected chi connectivity index (χ2v) is 7.18. The van der Waals surface area contributed by atoms with Crippen LogP contribution in [0.5, 0.6) is 0 Å². The van der Waals surface area contributed by atoms with Gasteiger partial charge >= 0.3 is 6.03 Å². The lowest BCUT2D eigenvalue weighted by Gasteiger charge is -2.38. The van der Waals surface area contributed by atoms with Crippen molar-refractivity contribution in [2.45, 2.75) is 58.6 Å². The summed E-state index contributed by atoms with van der Waals surface area (Å²) in [6.07, 6.45) is 3.64. The summed E-state index contributed by atoms with van der Waals surface area (Å²) in [5.74, 6) is 0. The van der Waals surface area contributed by atoms with E-state index in [0.29, 0.717) is 6.54 Å². The van der Waals surface area contributed by atoms with E-state index < -0.39 is 0 Å². The van der Waals surface area contributed by atoms with Crippen LogP contribution in [0.4, 0.5) is 4.79 Å². The fraction of sp³-hybridized carbons (Fsp3) is 0.733. The van der Waals surface area contributed by atoms with E-state index in [1.54, 1.807) is 11.3 Å². The van der Waals surface area contributed by atoms with Gasteiger partial charge in [-0.3, -0.25) is 0 Å². The number of amides is 2. The number of hydrogen-bond donors (Lipinski definition) is 3. The lowest BCUT2D eigenvalue weighted by molar-refractivity contribution is 0.00305. The minimum absolute atomic E-state index is 0.104. The van der Waals surface area contributed by atoms with Crippen LogP contribution in [-0.2, 0) is 0 Å². The number of nitrogens with one attached hydrogen (secondary N) is 2. The lowest BCUT2D eigenvalue weighted by atomic mass is 9.73. The minimum Gasteiger partial charge on any atom is -0.392 e. The lowest BCUT2D eigenvalue weighted by Crippen LogP contribution is -2.48. The summed E-state index contributed by atoms with van der Waals surface area (Å²) >= 11 is 1.55. The number of aromatic nitrogens is 1. The van der Waals surface area contributed by atoms with E-state index in [4.69, 9.17) is 0 Å². The van der Waals surface area contributed by atoms with Gasteiger partial charge in [-0.25, -0.2) is 9.78 Å². The van der Waals surface area contributed by atoms with Gasteiger partial charge in [0, 0.05) is 23.0 Å². The fourth-order valence-electron chi connectivity index (χ4n) is 2.75. The molecule has 5 nitrogen and oxygen atoms in total. The molecule has 118 valence electrons. The molecule has 2 rings (SSSR count). The molecule has 0 bridgehead atoms. The first-order chi connectivity index (χ1) is 9.90. The summed E-state index contributed by atoms with van der Waals surface area (Å²) in [4.78, 5) is 16.4. The Morgan fingerprint density at radius 2 is 2.38 bits per heavy atom. The van der Waals surface area contributed by atoms with Crippen LogP contribution in [0.15, 0.2) is 5.38 Å². The number of hydrogen-bond acceptors (Lipinski definition) is 4. The zero-order valence-electron chi connectivity index (χ0n) is 13.0. The molecule has 0 saturated heterocycles. The first-order valence-electron chi connectivity index (χ1n) is 7.55. The summed E-state index contributed by atoms with van der Waals surface area (Å²) in [7, 11) is 0. The average Bonchev–Trinajstić information content (AvgIpc) is 2.87. The Balaban J connectivity index is 1.82. The second kappa shape index (κ2) is 6.75. The Hall–Kier alpha value is -1.14. The van der Waals surface area contributed by atoms with E-state index in [-0.39, 0.29) is 23.6 Å². The molecule has 1 aliphatic carbocycles. The van der Waals surface area contributed by atoms with E-state index in [9.17, 15) is 9.90 Å². The van der Waals surface area contributed by atoms with Crippen molar-refractivity contribution in [3.63, 3.8) is 0 Å². The van der Waals surface area contributed by atoms with Crippen LogP contribution < -0.4 is 10.6 Å². The molecule has 1 aromatic rings. The summed E-state index contributed by atoms with van der Waals surface area (Å²) in [5, 5.41) is 18.8. The van der Waals surface area contributed by atoms with Gasteiger partial charge in [-0.05, 0) is 26.7 Å². The highest BCUT2D eigenvalue weighted by Crippen LogP contribution is 2.35. The van der Waals surface area contributed by atoms with Crippen molar-refractivity contribution in [1.82, 2.24) is 15.6 Å². The molecular weight excluding hydrogens is 286 g/mol. The first-order valence-corrected chi connectivity index (χ1v) is 8.43. The highest BCUT2D eigenvalue weighted by Gasteiger charge is 2.35. The molecule has 0 aromatic carbocycles. The van der Waals surface area contributed by atoms with Gasteiger partial charge in [0.05, 0.1) is 12.1 Å². The molecule has 1 saturated carbocycles. The second-order valence-electron chi connectivity index (χ2n) is 6.29. The average molecular weight is 311 g/mol. The summed E-state index contributed by atoms with van der Waals surface area (Å²) in [5.41, 5.74) is 0.762. The van der Waals surface area contributed by atoms with Gasteiger partial charge in [0.15, 0.2) is 0 Å². The molecule has 0 radical (unpaired) electrons. The van der Waals surface area contributed by atoms with Gasteiger partial charge in [-0.15, -0.1) is 11.3 Å². The highest BCUT2D eigenvalue weighted by atomic mass is 32.1. The van der Waals surface area contributed by atoms with Gasteiger partial charge in [0.1, 0.15) is 5.01 Å². The Morgan fingerprint density at radius 3 is 3.00 bits per heavy atom. The third-order valence-electron chi connectivity index (χ3n) is 4.29. The zero-order chi connectivity index (χ0) is 15.5. The largest absolute Gasteiger partial charge is 0.392 e. The SMILES string of the molecule is Cc1csc(C(C)NC(=O)NCC2(C)CCCCC2O)n1. The third kappa shape index (κ3) is 4.17. The summed E-state index contributed by atoms with van der Waals surface area (Å²) in [6.45, 7) is 6.42. The van der Waals surface area contributed by atoms with Gasteiger partial charge < -0.3 is 15.7 Å². The zero-order valence-corrected chi connectivity index (χ0v) is 13.8. The molecule has 0 aliphatic heterocycles. The monoisotopic (exact) mass is 311 g/mol. The molecule has 3 atom stereocenters. The third-order valence-corrected chi connectivity index (χ3v) is 5.43. The molecule has 1 heterocycles.